The van der Waals surface area contributed by atoms with E-state index in [9.17, 15) is 0 Å². The molecule has 0 amide bonds. The molecule has 2 N–H and O–H groups in total. The number of hydrogen-bond donors (Lipinski definition) is 1. The molecule has 4 unspecified atom stereocenters. The highest BCUT2D eigenvalue weighted by Crippen LogP contribution is 2.64. The average Bonchev–Trinajstić information content (AvgIpc) is 3.03. The van der Waals surface area contributed by atoms with Gasteiger partial charge in [0, 0.05) is 10.9 Å². The van der Waals surface area contributed by atoms with Crippen LogP contribution in [0.1, 0.15) is 34.4 Å². The summed E-state index contributed by atoms with van der Waals surface area (Å²) in [7, 11) is 0. The molecule has 2 aliphatic rings. The lowest BCUT2D eigenvalue weighted by atomic mass is 9.92. The van der Waals surface area contributed by atoms with Gasteiger partial charge in [0.1, 0.15) is 0 Å². The number of rotatable bonds is 2. The number of thiophene rings is 1. The Labute approximate surface area is 122 Å². The molecular formula is C16H16ClNS. The molecule has 1 saturated carbocycles. The molecular weight excluding hydrogens is 274 g/mol. The number of aryl methyl sites for hydroxylation is 1. The van der Waals surface area contributed by atoms with Crippen LogP contribution in [0.3, 0.4) is 0 Å². The summed E-state index contributed by atoms with van der Waals surface area (Å²) in [5.41, 5.74) is 9.56. The van der Waals surface area contributed by atoms with E-state index in [-0.39, 0.29) is 6.04 Å². The van der Waals surface area contributed by atoms with E-state index in [0.29, 0.717) is 11.8 Å². The highest BCUT2D eigenvalue weighted by molar-refractivity contribution is 7.16. The third-order valence-electron chi connectivity index (χ3n) is 4.73. The van der Waals surface area contributed by atoms with E-state index in [4.69, 9.17) is 17.3 Å². The molecule has 1 heterocycles. The monoisotopic (exact) mass is 289 g/mol. The van der Waals surface area contributed by atoms with Crippen LogP contribution >= 0.6 is 22.9 Å². The highest BCUT2D eigenvalue weighted by Gasteiger charge is 2.55. The molecule has 0 spiro atoms. The first-order valence-corrected chi connectivity index (χ1v) is 8.04. The van der Waals surface area contributed by atoms with Crippen LogP contribution in [-0.4, -0.2) is 0 Å². The number of nitrogens with two attached hydrogens (primary N) is 1. The Morgan fingerprint density at radius 3 is 2.84 bits per heavy atom. The van der Waals surface area contributed by atoms with E-state index in [1.807, 2.05) is 6.07 Å². The van der Waals surface area contributed by atoms with Gasteiger partial charge in [-0.25, -0.2) is 0 Å². The normalized spacial score (nSPS) is 29.5. The summed E-state index contributed by atoms with van der Waals surface area (Å²) in [5, 5.41) is 0. The van der Waals surface area contributed by atoms with Crippen LogP contribution in [-0.2, 0) is 6.42 Å². The first-order chi connectivity index (χ1) is 9.25. The van der Waals surface area contributed by atoms with Crippen molar-refractivity contribution in [3.05, 3.63) is 56.7 Å². The van der Waals surface area contributed by atoms with E-state index in [1.165, 1.54) is 23.3 Å². The molecule has 0 saturated heterocycles. The van der Waals surface area contributed by atoms with Crippen LogP contribution in [0.25, 0.3) is 0 Å². The third kappa shape index (κ3) is 1.85. The van der Waals surface area contributed by atoms with Crippen molar-refractivity contribution in [3.8, 4) is 0 Å². The van der Waals surface area contributed by atoms with Crippen molar-refractivity contribution in [2.75, 3.05) is 0 Å². The maximum atomic E-state index is 6.48. The lowest BCUT2D eigenvalue weighted by Crippen LogP contribution is -2.12. The summed E-state index contributed by atoms with van der Waals surface area (Å²) in [6.45, 7) is 0. The van der Waals surface area contributed by atoms with Gasteiger partial charge >= 0.3 is 0 Å². The molecule has 1 fully saturated rings. The molecule has 3 heteroatoms. The molecule has 2 aromatic rings. The van der Waals surface area contributed by atoms with Crippen LogP contribution in [0, 0.1) is 11.8 Å². The van der Waals surface area contributed by atoms with Crippen LogP contribution in [0.5, 0.6) is 0 Å². The predicted molar refractivity (Wildman–Crippen MR) is 80.7 cm³/mol. The summed E-state index contributed by atoms with van der Waals surface area (Å²) in [5.74, 6) is 2.07. The third-order valence-corrected chi connectivity index (χ3v) is 6.06. The van der Waals surface area contributed by atoms with Gasteiger partial charge < -0.3 is 5.73 Å². The van der Waals surface area contributed by atoms with Crippen molar-refractivity contribution in [2.45, 2.75) is 24.8 Å². The van der Waals surface area contributed by atoms with Gasteiger partial charge in [0.15, 0.2) is 0 Å². The maximum Gasteiger partial charge on any atom is 0.0931 e. The highest BCUT2D eigenvalue weighted by atomic mass is 35.5. The molecule has 0 bridgehead atoms. The fraction of sp³-hybridized carbons (Fsp3) is 0.375. The fourth-order valence-corrected chi connectivity index (χ4v) is 4.93. The Morgan fingerprint density at radius 1 is 1.21 bits per heavy atom. The molecule has 0 radical (unpaired) electrons. The molecule has 4 atom stereocenters. The second kappa shape index (κ2) is 4.34. The minimum absolute atomic E-state index is 0.152. The van der Waals surface area contributed by atoms with E-state index in [0.717, 1.165) is 10.3 Å². The molecule has 1 aromatic carbocycles. The Kier molecular flexibility index (Phi) is 2.73. The van der Waals surface area contributed by atoms with Crippen LogP contribution in [0.2, 0.25) is 4.34 Å². The van der Waals surface area contributed by atoms with Gasteiger partial charge in [-0.3, -0.25) is 0 Å². The van der Waals surface area contributed by atoms with Crippen molar-refractivity contribution in [1.82, 2.24) is 0 Å². The second-order valence-corrected chi connectivity index (χ2v) is 7.42. The minimum atomic E-state index is 0.152. The average molecular weight is 290 g/mol. The lowest BCUT2D eigenvalue weighted by Gasteiger charge is -2.13. The minimum Gasteiger partial charge on any atom is -0.323 e. The molecule has 19 heavy (non-hydrogen) atoms. The first kappa shape index (κ1) is 12.0. The smallest absolute Gasteiger partial charge is 0.0931 e. The van der Waals surface area contributed by atoms with Crippen molar-refractivity contribution in [3.63, 3.8) is 0 Å². The topological polar surface area (TPSA) is 26.0 Å². The zero-order valence-electron chi connectivity index (χ0n) is 10.6. The van der Waals surface area contributed by atoms with Gasteiger partial charge in [-0.2, -0.15) is 0 Å². The van der Waals surface area contributed by atoms with E-state index < -0.39 is 0 Å². The van der Waals surface area contributed by atoms with Crippen molar-refractivity contribution in [2.24, 2.45) is 17.6 Å². The van der Waals surface area contributed by atoms with E-state index in [2.05, 4.69) is 30.3 Å². The van der Waals surface area contributed by atoms with Gasteiger partial charge in [-0.15, -0.1) is 11.3 Å². The van der Waals surface area contributed by atoms with Gasteiger partial charge in [0.05, 0.1) is 4.34 Å². The number of hydrogen-bond acceptors (Lipinski definition) is 2. The standard InChI is InChI=1S/C16H16ClNS/c17-13-8-7-12(19-13)16(18)15-11-6-5-9-3-1-2-4-10(9)14(11)15/h1-4,7-8,11,14-16H,5-6,18H2. The Hall–Kier alpha value is -0.830. The number of fused-ring (bicyclic) bond motifs is 3. The number of benzene rings is 1. The Morgan fingerprint density at radius 2 is 2.05 bits per heavy atom. The van der Waals surface area contributed by atoms with Crippen LogP contribution in [0.4, 0.5) is 0 Å². The molecule has 1 aromatic heterocycles. The van der Waals surface area contributed by atoms with Gasteiger partial charge in [0.25, 0.3) is 0 Å². The van der Waals surface area contributed by atoms with Gasteiger partial charge in [0.2, 0.25) is 0 Å². The quantitative estimate of drug-likeness (QED) is 0.872. The summed E-state index contributed by atoms with van der Waals surface area (Å²) in [4.78, 5) is 1.24. The molecule has 1 nitrogen and oxygen atoms in total. The van der Waals surface area contributed by atoms with Crippen molar-refractivity contribution in [1.29, 1.82) is 0 Å². The summed E-state index contributed by atoms with van der Waals surface area (Å²) >= 11 is 7.66. The number of halogens is 1. The maximum absolute atomic E-state index is 6.48. The zero-order chi connectivity index (χ0) is 13.0. The van der Waals surface area contributed by atoms with Crippen molar-refractivity contribution < 1.29 is 0 Å². The van der Waals surface area contributed by atoms with Crippen molar-refractivity contribution >= 4 is 22.9 Å². The van der Waals surface area contributed by atoms with Crippen LogP contribution < -0.4 is 5.73 Å². The molecule has 4 rings (SSSR count). The Bertz CT molecular complexity index is 621. The lowest BCUT2D eigenvalue weighted by molar-refractivity contribution is 0.562. The molecule has 98 valence electrons. The predicted octanol–water partition coefficient (Wildman–Crippen LogP) is 4.38. The SMILES string of the molecule is NC(c1ccc(Cl)s1)C1C2CCc3ccccc3C21. The van der Waals surface area contributed by atoms with E-state index in [1.54, 1.807) is 16.9 Å². The Balaban J connectivity index is 1.63. The zero-order valence-corrected chi connectivity index (χ0v) is 12.1. The molecule has 2 aliphatic carbocycles. The summed E-state index contributed by atoms with van der Waals surface area (Å²) in [6.07, 6.45) is 2.50. The molecule has 0 aliphatic heterocycles. The largest absolute Gasteiger partial charge is 0.323 e. The second-order valence-electron chi connectivity index (χ2n) is 5.67. The van der Waals surface area contributed by atoms with Gasteiger partial charge in [-0.1, -0.05) is 35.9 Å². The first-order valence-electron chi connectivity index (χ1n) is 6.84. The van der Waals surface area contributed by atoms with Crippen LogP contribution in [0.15, 0.2) is 36.4 Å². The fourth-order valence-electron chi connectivity index (χ4n) is 3.81. The summed E-state index contributed by atoms with van der Waals surface area (Å²) in [6, 6.07) is 13.1. The van der Waals surface area contributed by atoms with E-state index >= 15 is 0 Å². The summed E-state index contributed by atoms with van der Waals surface area (Å²) < 4.78 is 0.842. The van der Waals surface area contributed by atoms with Gasteiger partial charge in [-0.05, 0) is 53.9 Å².